The second-order valence-corrected chi connectivity index (χ2v) is 12.0. The molecule has 0 aliphatic rings. The number of aliphatic hydroxyl groups is 1. The predicted molar refractivity (Wildman–Crippen MR) is 188 cm³/mol. The van der Waals surface area contributed by atoms with E-state index in [0.29, 0.717) is 5.56 Å². The molecule has 3 aromatic rings. The number of nitrogens with two attached hydrogens (primary N) is 3. The largest absolute Gasteiger partial charge is 0.480 e. The minimum absolute atomic E-state index is 0.00623. The summed E-state index contributed by atoms with van der Waals surface area (Å²) in [7, 11) is 0. The first-order valence-electron chi connectivity index (χ1n) is 16.4. The van der Waals surface area contributed by atoms with Crippen molar-refractivity contribution in [3.05, 3.63) is 96.1 Å². The summed E-state index contributed by atoms with van der Waals surface area (Å²) in [5.74, 6) is -4.36. The number of nitrogens with one attached hydrogen (secondary N) is 4. The molecule has 268 valence electrons. The minimum Gasteiger partial charge on any atom is -0.480 e. The Kier molecular flexibility index (Phi) is 15.5. The van der Waals surface area contributed by atoms with Gasteiger partial charge in [0.1, 0.15) is 18.1 Å². The summed E-state index contributed by atoms with van der Waals surface area (Å²) in [6.07, 6.45) is -1.22. The predicted octanol–water partition coefficient (Wildman–Crippen LogP) is -0.432. The Labute approximate surface area is 291 Å². The Morgan fingerprint density at radius 3 is 1.54 bits per heavy atom. The molecule has 0 heterocycles. The van der Waals surface area contributed by atoms with Crippen LogP contribution in [0.1, 0.15) is 30.9 Å². The van der Waals surface area contributed by atoms with Gasteiger partial charge in [-0.05, 0) is 55.1 Å². The highest BCUT2D eigenvalue weighted by atomic mass is 16.4. The maximum atomic E-state index is 13.9. The summed E-state index contributed by atoms with van der Waals surface area (Å²) in [5.41, 5.74) is 20.6. The molecule has 0 aromatic heterocycles. The molecule has 14 nitrogen and oxygen atoms in total. The van der Waals surface area contributed by atoms with Crippen molar-refractivity contribution in [1.82, 2.24) is 21.3 Å². The van der Waals surface area contributed by atoms with E-state index in [9.17, 15) is 34.2 Å². The van der Waals surface area contributed by atoms with Gasteiger partial charge < -0.3 is 48.7 Å². The van der Waals surface area contributed by atoms with Crippen LogP contribution in [-0.4, -0.2) is 89.2 Å². The third-order valence-corrected chi connectivity index (χ3v) is 8.00. The van der Waals surface area contributed by atoms with Crippen molar-refractivity contribution in [3.63, 3.8) is 0 Å². The molecule has 4 amide bonds. The summed E-state index contributed by atoms with van der Waals surface area (Å²) < 4.78 is 0. The summed E-state index contributed by atoms with van der Waals surface area (Å²) in [6.45, 7) is 1.33. The highest BCUT2D eigenvalue weighted by Gasteiger charge is 2.33. The van der Waals surface area contributed by atoms with Gasteiger partial charge in [-0.2, -0.15) is 0 Å². The fraction of sp³-hybridized carbons (Fsp3) is 0.361. The van der Waals surface area contributed by atoms with Crippen LogP contribution in [0.4, 0.5) is 0 Å². The minimum atomic E-state index is -1.63. The third kappa shape index (κ3) is 12.1. The molecular formula is C36H47N7O7. The fourth-order valence-electron chi connectivity index (χ4n) is 5.18. The van der Waals surface area contributed by atoms with Gasteiger partial charge in [-0.15, -0.1) is 0 Å². The zero-order valence-electron chi connectivity index (χ0n) is 28.0. The SMILES string of the molecule is C[C@@H](O)[C@H](NC(=O)[C@H](CCN)NC(=O)[C@H](Cc1ccc(-c2ccccc2)cc1)NC(=O)[C@@H](Cc1ccccc1)NC(=O)[C@@H](N)CCN)C(=O)O. The van der Waals surface area contributed by atoms with Crippen LogP contribution < -0.4 is 38.5 Å². The van der Waals surface area contributed by atoms with E-state index >= 15 is 0 Å². The average molecular weight is 690 g/mol. The summed E-state index contributed by atoms with van der Waals surface area (Å²) >= 11 is 0. The van der Waals surface area contributed by atoms with Gasteiger partial charge >= 0.3 is 5.97 Å². The topological polar surface area (TPSA) is 252 Å². The average Bonchev–Trinajstić information content (AvgIpc) is 3.10. The Morgan fingerprint density at radius 1 is 0.600 bits per heavy atom. The van der Waals surface area contributed by atoms with Gasteiger partial charge in [-0.25, -0.2) is 4.79 Å². The lowest BCUT2D eigenvalue weighted by Gasteiger charge is -2.27. The molecule has 0 spiro atoms. The van der Waals surface area contributed by atoms with Crippen LogP contribution >= 0.6 is 0 Å². The zero-order chi connectivity index (χ0) is 36.6. The van der Waals surface area contributed by atoms with Crippen LogP contribution in [0.3, 0.4) is 0 Å². The molecule has 3 aromatic carbocycles. The number of carbonyl (C=O) groups excluding carboxylic acids is 4. The van der Waals surface area contributed by atoms with Gasteiger partial charge in [0, 0.05) is 12.8 Å². The number of amides is 4. The van der Waals surface area contributed by atoms with Gasteiger partial charge in [0.15, 0.2) is 6.04 Å². The third-order valence-electron chi connectivity index (χ3n) is 8.00. The molecule has 12 N–H and O–H groups in total. The first kappa shape index (κ1) is 39.3. The Balaban J connectivity index is 1.91. The van der Waals surface area contributed by atoms with Gasteiger partial charge in [-0.3, -0.25) is 19.2 Å². The van der Waals surface area contributed by atoms with Crippen molar-refractivity contribution in [3.8, 4) is 11.1 Å². The van der Waals surface area contributed by atoms with E-state index in [4.69, 9.17) is 17.2 Å². The van der Waals surface area contributed by atoms with Gasteiger partial charge in [0.2, 0.25) is 23.6 Å². The van der Waals surface area contributed by atoms with Crippen LogP contribution in [0.2, 0.25) is 0 Å². The molecule has 0 radical (unpaired) electrons. The highest BCUT2D eigenvalue weighted by molar-refractivity contribution is 5.95. The molecule has 0 aliphatic carbocycles. The lowest BCUT2D eigenvalue weighted by Crippen LogP contribution is -2.60. The first-order chi connectivity index (χ1) is 23.9. The van der Waals surface area contributed by atoms with Crippen molar-refractivity contribution in [2.75, 3.05) is 13.1 Å². The van der Waals surface area contributed by atoms with E-state index in [1.54, 1.807) is 24.3 Å². The van der Waals surface area contributed by atoms with E-state index in [1.165, 1.54) is 6.92 Å². The number of aliphatic hydroxyl groups excluding tert-OH is 1. The molecule has 0 bridgehead atoms. The lowest BCUT2D eigenvalue weighted by atomic mass is 9.99. The molecular weight excluding hydrogens is 642 g/mol. The Morgan fingerprint density at radius 2 is 1.04 bits per heavy atom. The highest BCUT2D eigenvalue weighted by Crippen LogP contribution is 2.20. The van der Waals surface area contributed by atoms with Crippen molar-refractivity contribution >= 4 is 29.6 Å². The summed E-state index contributed by atoms with van der Waals surface area (Å²) in [4.78, 5) is 65.4. The second kappa shape index (κ2) is 19.7. The molecule has 0 fully saturated rings. The van der Waals surface area contributed by atoms with Crippen LogP contribution in [0.15, 0.2) is 84.9 Å². The Hall–Kier alpha value is -5.15. The number of benzene rings is 3. The number of hydrogen-bond donors (Lipinski definition) is 9. The van der Waals surface area contributed by atoms with Crippen molar-refractivity contribution < 1.29 is 34.2 Å². The summed E-state index contributed by atoms with van der Waals surface area (Å²) in [5, 5.41) is 29.5. The summed E-state index contributed by atoms with van der Waals surface area (Å²) in [6, 6.07) is 19.8. The van der Waals surface area contributed by atoms with E-state index in [1.807, 2.05) is 60.7 Å². The zero-order valence-corrected chi connectivity index (χ0v) is 28.0. The molecule has 0 unspecified atom stereocenters. The number of carbonyl (C=O) groups is 5. The molecule has 3 rings (SSSR count). The van der Waals surface area contributed by atoms with Gasteiger partial charge in [0.25, 0.3) is 0 Å². The van der Waals surface area contributed by atoms with Gasteiger partial charge in [-0.1, -0.05) is 84.9 Å². The molecule has 0 saturated heterocycles. The monoisotopic (exact) mass is 689 g/mol. The maximum absolute atomic E-state index is 13.9. The number of hydrogen-bond acceptors (Lipinski definition) is 9. The number of carboxylic acid groups (broad SMARTS) is 1. The molecule has 0 saturated carbocycles. The van der Waals surface area contributed by atoms with Crippen molar-refractivity contribution in [1.29, 1.82) is 0 Å². The van der Waals surface area contributed by atoms with E-state index in [0.717, 1.165) is 16.7 Å². The van der Waals surface area contributed by atoms with E-state index < -0.39 is 65.9 Å². The lowest BCUT2D eigenvalue weighted by molar-refractivity contribution is -0.145. The van der Waals surface area contributed by atoms with Crippen LogP contribution in [0.5, 0.6) is 0 Å². The van der Waals surface area contributed by atoms with Gasteiger partial charge in [0.05, 0.1) is 12.1 Å². The van der Waals surface area contributed by atoms with E-state index in [2.05, 4.69) is 21.3 Å². The molecule has 14 heteroatoms. The van der Waals surface area contributed by atoms with Crippen LogP contribution in [-0.2, 0) is 36.8 Å². The number of aliphatic carboxylic acids is 1. The first-order valence-corrected chi connectivity index (χ1v) is 16.4. The molecule has 50 heavy (non-hydrogen) atoms. The van der Waals surface area contributed by atoms with Crippen LogP contribution in [0, 0.1) is 0 Å². The van der Waals surface area contributed by atoms with Crippen molar-refractivity contribution in [2.24, 2.45) is 17.2 Å². The Bertz CT molecular complexity index is 1560. The fourth-order valence-corrected chi connectivity index (χ4v) is 5.18. The smallest absolute Gasteiger partial charge is 0.328 e. The maximum Gasteiger partial charge on any atom is 0.328 e. The quantitative estimate of drug-likeness (QED) is 0.0785. The van der Waals surface area contributed by atoms with Crippen LogP contribution in [0.25, 0.3) is 11.1 Å². The number of rotatable bonds is 19. The van der Waals surface area contributed by atoms with Crippen molar-refractivity contribution in [2.45, 2.75) is 68.9 Å². The normalized spacial score (nSPS) is 14.6. The van der Waals surface area contributed by atoms with E-state index in [-0.39, 0.29) is 38.8 Å². The second-order valence-electron chi connectivity index (χ2n) is 12.0. The number of carboxylic acids is 1. The standard InChI is InChI=1S/C36H47N7O7/c1-22(44)31(36(49)50)43-33(46)28(17-19-38)40-34(47)30(21-24-12-14-26(15-13-24)25-10-6-3-7-11-25)42-35(48)29(20-23-8-4-2-5-9-23)41-32(45)27(39)16-18-37/h2-15,22,27-31,44H,16-21,37-39H2,1H3,(H,40,47)(H,41,45)(H,42,48)(H,43,46)(H,49,50)/t22-,27+,28+,29-,30+,31+/m1/s1. The molecule has 6 atom stereocenters. The molecule has 0 aliphatic heterocycles.